The fraction of sp³-hybridized carbons (Fsp3) is 0.105. The topological polar surface area (TPSA) is 93.8 Å². The minimum atomic E-state index is -0.713. The van der Waals surface area contributed by atoms with Crippen LogP contribution in [0.25, 0.3) is 16.6 Å². The first-order valence-corrected chi connectivity index (χ1v) is 7.78. The molecule has 3 aromatic rings. The lowest BCUT2D eigenvalue weighted by Gasteiger charge is -2.16. The predicted molar refractivity (Wildman–Crippen MR) is 94.8 cm³/mol. The number of hydrogen-bond donors (Lipinski definition) is 1. The molecule has 0 saturated heterocycles. The highest BCUT2D eigenvalue weighted by Gasteiger charge is 2.34. The molecular weight excluding hydrogens is 316 g/mol. The van der Waals surface area contributed by atoms with E-state index in [1.807, 2.05) is 31.2 Å². The lowest BCUT2D eigenvalue weighted by atomic mass is 9.99. The van der Waals surface area contributed by atoms with Crippen LogP contribution in [-0.2, 0) is 0 Å². The van der Waals surface area contributed by atoms with Gasteiger partial charge in [-0.25, -0.2) is 4.68 Å². The van der Waals surface area contributed by atoms with Gasteiger partial charge in [0.05, 0.1) is 10.8 Å². The number of allylic oxidation sites excluding steroid dienone is 1. The summed E-state index contributed by atoms with van der Waals surface area (Å²) in [6, 6.07) is 15.4. The zero-order valence-corrected chi connectivity index (χ0v) is 13.4. The van der Waals surface area contributed by atoms with Gasteiger partial charge in [0.15, 0.2) is 0 Å². The number of nitrogens with two attached hydrogens (primary N) is 1. The zero-order chi connectivity index (χ0) is 17.7. The number of nitriles is 1. The van der Waals surface area contributed by atoms with Crippen molar-refractivity contribution in [2.45, 2.75) is 13.0 Å². The summed E-state index contributed by atoms with van der Waals surface area (Å²) in [4.78, 5) is 25.9. The van der Waals surface area contributed by atoms with Gasteiger partial charge in [-0.15, -0.1) is 0 Å². The van der Waals surface area contributed by atoms with Crippen LogP contribution in [0.4, 0.5) is 0 Å². The van der Waals surface area contributed by atoms with Crippen molar-refractivity contribution in [2.24, 2.45) is 5.73 Å². The summed E-state index contributed by atoms with van der Waals surface area (Å²) in [6.45, 7) is 1.95. The van der Waals surface area contributed by atoms with Gasteiger partial charge >= 0.3 is 0 Å². The molecule has 1 unspecified atom stereocenters. The van der Waals surface area contributed by atoms with Crippen LogP contribution in [0.15, 0.2) is 63.7 Å². The van der Waals surface area contributed by atoms with Gasteiger partial charge in [0.25, 0.3) is 11.1 Å². The summed E-state index contributed by atoms with van der Waals surface area (Å²) in [5, 5.41) is 10.2. The monoisotopic (exact) mass is 330 g/mol. The van der Waals surface area contributed by atoms with E-state index in [9.17, 15) is 14.9 Å². The van der Waals surface area contributed by atoms with E-state index >= 15 is 0 Å². The van der Waals surface area contributed by atoms with Crippen molar-refractivity contribution in [2.75, 3.05) is 0 Å². The molecular formula is C19H14N4O2. The van der Waals surface area contributed by atoms with Crippen LogP contribution in [0.1, 0.15) is 17.2 Å². The van der Waals surface area contributed by atoms with Crippen molar-refractivity contribution in [3.8, 4) is 6.07 Å². The van der Waals surface area contributed by atoms with Gasteiger partial charge in [-0.3, -0.25) is 9.59 Å². The highest BCUT2D eigenvalue weighted by atomic mass is 16.2. The van der Waals surface area contributed by atoms with E-state index in [4.69, 9.17) is 5.73 Å². The average molecular weight is 330 g/mol. The Morgan fingerprint density at radius 2 is 1.60 bits per heavy atom. The van der Waals surface area contributed by atoms with Crippen LogP contribution in [-0.4, -0.2) is 9.36 Å². The number of hydrogen-bond acceptors (Lipinski definition) is 4. The molecule has 1 aliphatic rings. The first-order valence-electron chi connectivity index (χ1n) is 7.78. The molecule has 0 radical (unpaired) electrons. The maximum Gasteiger partial charge on any atom is 0.279 e. The van der Waals surface area contributed by atoms with E-state index in [1.54, 1.807) is 24.3 Å². The molecule has 0 amide bonds. The van der Waals surface area contributed by atoms with Crippen LogP contribution in [0, 0.1) is 18.3 Å². The van der Waals surface area contributed by atoms with E-state index in [0.717, 1.165) is 15.8 Å². The van der Waals surface area contributed by atoms with Gasteiger partial charge in [-0.1, -0.05) is 42.0 Å². The molecule has 122 valence electrons. The van der Waals surface area contributed by atoms with Crippen molar-refractivity contribution < 1.29 is 0 Å². The summed E-state index contributed by atoms with van der Waals surface area (Å²) >= 11 is 0. The second kappa shape index (κ2) is 5.21. The fourth-order valence-corrected chi connectivity index (χ4v) is 3.29. The molecule has 1 aliphatic heterocycles. The van der Waals surface area contributed by atoms with E-state index in [1.165, 1.54) is 4.68 Å². The standard InChI is InChI=1S/C19H14N4O2/c1-11-6-8-12(9-7-11)16-15(10-20)17(21)23-19(25)14-5-3-2-4-13(14)18(24)22(16)23/h2-9,16H,21H2,1H3. The molecule has 6 nitrogen and oxygen atoms in total. The molecule has 0 bridgehead atoms. The summed E-state index contributed by atoms with van der Waals surface area (Å²) in [5.74, 6) is 0.000859. The Bertz CT molecular complexity index is 1210. The smallest absolute Gasteiger partial charge is 0.279 e. The van der Waals surface area contributed by atoms with E-state index in [-0.39, 0.29) is 22.3 Å². The van der Waals surface area contributed by atoms with Gasteiger partial charge in [0.2, 0.25) is 0 Å². The molecule has 2 N–H and O–H groups in total. The molecule has 2 heterocycles. The van der Waals surface area contributed by atoms with Crippen LogP contribution >= 0.6 is 0 Å². The number of benzene rings is 2. The van der Waals surface area contributed by atoms with Crippen molar-refractivity contribution >= 4 is 16.6 Å². The second-order valence-corrected chi connectivity index (χ2v) is 6.04. The van der Waals surface area contributed by atoms with Gasteiger partial charge in [0, 0.05) is 0 Å². The van der Waals surface area contributed by atoms with Crippen LogP contribution in [0.5, 0.6) is 0 Å². The van der Waals surface area contributed by atoms with E-state index in [2.05, 4.69) is 6.07 Å². The number of rotatable bonds is 1. The summed E-state index contributed by atoms with van der Waals surface area (Å²) in [6.07, 6.45) is 0. The van der Waals surface area contributed by atoms with Gasteiger partial charge in [0.1, 0.15) is 23.5 Å². The number of aryl methyl sites for hydroxylation is 1. The Morgan fingerprint density at radius 1 is 1.00 bits per heavy atom. The van der Waals surface area contributed by atoms with Gasteiger partial charge in [-0.2, -0.15) is 9.94 Å². The molecule has 0 fully saturated rings. The van der Waals surface area contributed by atoms with Crippen molar-refractivity contribution in [1.82, 2.24) is 9.36 Å². The third-order valence-corrected chi connectivity index (χ3v) is 4.54. The van der Waals surface area contributed by atoms with Crippen LogP contribution < -0.4 is 16.9 Å². The zero-order valence-electron chi connectivity index (χ0n) is 13.4. The van der Waals surface area contributed by atoms with Gasteiger partial charge in [-0.05, 0) is 24.6 Å². The Morgan fingerprint density at radius 3 is 2.20 bits per heavy atom. The number of nitrogens with zero attached hydrogens (tertiary/aromatic N) is 3. The Kier molecular flexibility index (Phi) is 3.12. The average Bonchev–Trinajstić information content (AvgIpc) is 2.93. The fourth-order valence-electron chi connectivity index (χ4n) is 3.29. The number of fused-ring (bicyclic) bond motifs is 2. The Labute approximate surface area is 142 Å². The highest BCUT2D eigenvalue weighted by molar-refractivity contribution is 5.81. The molecule has 0 aliphatic carbocycles. The van der Waals surface area contributed by atoms with Crippen molar-refractivity contribution in [1.29, 1.82) is 5.26 Å². The SMILES string of the molecule is Cc1ccc(C2C(C#N)=C(N)n3c(=O)c4ccccc4c(=O)n32)cc1. The minimum absolute atomic E-state index is 0.000859. The second-order valence-electron chi connectivity index (χ2n) is 6.04. The largest absolute Gasteiger partial charge is 0.383 e. The molecule has 25 heavy (non-hydrogen) atoms. The molecule has 6 heteroatoms. The molecule has 1 aromatic heterocycles. The Hall–Kier alpha value is -3.59. The lowest BCUT2D eigenvalue weighted by molar-refractivity contribution is 0.539. The Balaban J connectivity index is 2.15. The molecule has 4 rings (SSSR count). The first kappa shape index (κ1) is 15.0. The summed E-state index contributed by atoms with van der Waals surface area (Å²) in [7, 11) is 0. The normalized spacial score (nSPS) is 16.1. The van der Waals surface area contributed by atoms with Gasteiger partial charge < -0.3 is 5.73 Å². The van der Waals surface area contributed by atoms with Crippen LogP contribution in [0.2, 0.25) is 0 Å². The molecule has 1 atom stereocenters. The third-order valence-electron chi connectivity index (χ3n) is 4.54. The lowest BCUT2D eigenvalue weighted by Crippen LogP contribution is -2.38. The highest BCUT2D eigenvalue weighted by Crippen LogP contribution is 2.32. The summed E-state index contributed by atoms with van der Waals surface area (Å²) < 4.78 is 2.40. The number of aromatic nitrogens is 2. The van der Waals surface area contributed by atoms with Crippen molar-refractivity contribution in [3.63, 3.8) is 0 Å². The molecule has 2 aromatic carbocycles. The quantitative estimate of drug-likeness (QED) is 0.735. The van der Waals surface area contributed by atoms with Crippen molar-refractivity contribution in [3.05, 3.63) is 85.9 Å². The summed E-state index contributed by atoms with van der Waals surface area (Å²) in [5.41, 5.74) is 7.30. The first-order chi connectivity index (χ1) is 12.0. The van der Waals surface area contributed by atoms with E-state index < -0.39 is 11.6 Å². The predicted octanol–water partition coefficient (Wildman–Crippen LogP) is 1.73. The third kappa shape index (κ3) is 1.96. The minimum Gasteiger partial charge on any atom is -0.383 e. The maximum atomic E-state index is 13.0. The molecule has 0 saturated carbocycles. The van der Waals surface area contributed by atoms with Crippen LogP contribution in [0.3, 0.4) is 0 Å². The molecule has 0 spiro atoms. The van der Waals surface area contributed by atoms with E-state index in [0.29, 0.717) is 5.39 Å². The maximum absolute atomic E-state index is 13.0.